The fraction of sp³-hybridized carbons (Fsp3) is 0.0370. The van der Waals surface area contributed by atoms with Crippen LogP contribution in [-0.2, 0) is 0 Å². The van der Waals surface area contributed by atoms with Gasteiger partial charge in [-0.25, -0.2) is 19.3 Å². The van der Waals surface area contributed by atoms with Crippen molar-refractivity contribution in [1.29, 1.82) is 0 Å². The Bertz CT molecular complexity index is 1810. The lowest BCUT2D eigenvalue weighted by Gasteiger charge is -2.27. The molecule has 1 aliphatic heterocycles. The summed E-state index contributed by atoms with van der Waals surface area (Å²) in [6.07, 6.45) is 1.59. The minimum atomic E-state index is -0.492. The summed E-state index contributed by atoms with van der Waals surface area (Å²) in [4.78, 5) is 22.8. The van der Waals surface area contributed by atoms with E-state index in [2.05, 4.69) is 26.0 Å². The monoisotopic (exact) mass is 522 g/mol. The molecule has 0 amide bonds. The maximum atomic E-state index is 13.4. The molecule has 7 nitrogen and oxygen atoms in total. The van der Waals surface area contributed by atoms with Crippen molar-refractivity contribution in [2.75, 3.05) is 0 Å². The Hall–Kier alpha value is -4.30. The number of ether oxygens (including phenoxy) is 1. The highest BCUT2D eigenvalue weighted by Gasteiger charge is 2.37. The summed E-state index contributed by atoms with van der Waals surface area (Å²) in [5, 5.41) is 5.36. The van der Waals surface area contributed by atoms with Gasteiger partial charge in [0.15, 0.2) is 17.2 Å². The molecule has 1 aliphatic rings. The molecule has 3 aromatic carbocycles. The van der Waals surface area contributed by atoms with Crippen LogP contribution in [0, 0.1) is 0 Å². The average molecular weight is 523 g/mol. The van der Waals surface area contributed by atoms with Gasteiger partial charge in [0.2, 0.25) is 5.88 Å². The van der Waals surface area contributed by atoms with Gasteiger partial charge in [-0.1, -0.05) is 70.5 Å². The van der Waals surface area contributed by atoms with E-state index in [9.17, 15) is 4.79 Å². The Morgan fingerprint density at radius 1 is 0.886 bits per heavy atom. The molecule has 0 radical (unpaired) electrons. The maximum absolute atomic E-state index is 13.4. The van der Waals surface area contributed by atoms with E-state index >= 15 is 0 Å². The molecule has 0 bridgehead atoms. The molecule has 168 valence electrons. The Morgan fingerprint density at radius 2 is 1.66 bits per heavy atom. The Labute approximate surface area is 206 Å². The van der Waals surface area contributed by atoms with Gasteiger partial charge in [-0.3, -0.25) is 0 Å². The summed E-state index contributed by atoms with van der Waals surface area (Å²) in [6.45, 7) is 0. The highest BCUT2D eigenvalue weighted by Crippen LogP contribution is 2.48. The zero-order chi connectivity index (χ0) is 23.5. The lowest BCUT2D eigenvalue weighted by molar-refractivity contribution is 0.422. The summed E-state index contributed by atoms with van der Waals surface area (Å²) >= 11 is 3.46. The van der Waals surface area contributed by atoms with Crippen LogP contribution in [0.15, 0.2) is 98.9 Å². The van der Waals surface area contributed by atoms with Crippen LogP contribution in [0.3, 0.4) is 0 Å². The molecule has 8 heteroatoms. The number of para-hydroxylation sites is 1. The Balaban J connectivity index is 1.54. The number of halogens is 1. The summed E-state index contributed by atoms with van der Waals surface area (Å²) in [7, 11) is 0. The molecule has 0 N–H and O–H groups in total. The van der Waals surface area contributed by atoms with Crippen molar-refractivity contribution >= 4 is 32.5 Å². The van der Waals surface area contributed by atoms with Crippen LogP contribution in [0.5, 0.6) is 11.6 Å². The van der Waals surface area contributed by atoms with Gasteiger partial charge >= 0.3 is 5.63 Å². The van der Waals surface area contributed by atoms with E-state index in [1.807, 2.05) is 72.8 Å². The van der Waals surface area contributed by atoms with Crippen LogP contribution in [0.2, 0.25) is 0 Å². The molecule has 0 saturated carbocycles. The highest BCUT2D eigenvalue weighted by atomic mass is 79.9. The summed E-state index contributed by atoms with van der Waals surface area (Å²) in [5.41, 5.74) is 3.45. The SMILES string of the molecule is O=c1oc2ccccc2c2c1C(c1ccccc1)c1c(ncn3nc(-c4ccc(Br)cc4)nc13)O2. The van der Waals surface area contributed by atoms with E-state index in [-0.39, 0.29) is 0 Å². The number of aromatic nitrogens is 4. The highest BCUT2D eigenvalue weighted by molar-refractivity contribution is 9.10. The van der Waals surface area contributed by atoms with Gasteiger partial charge < -0.3 is 9.15 Å². The van der Waals surface area contributed by atoms with E-state index in [1.54, 1.807) is 16.9 Å². The smallest absolute Gasteiger partial charge is 0.344 e. The molecule has 6 aromatic rings. The normalized spacial score (nSPS) is 14.5. The predicted molar refractivity (Wildman–Crippen MR) is 134 cm³/mol. The molecule has 4 heterocycles. The van der Waals surface area contributed by atoms with Crippen molar-refractivity contribution in [3.8, 4) is 23.0 Å². The van der Waals surface area contributed by atoms with Crippen molar-refractivity contribution in [2.45, 2.75) is 5.92 Å². The van der Waals surface area contributed by atoms with Crippen molar-refractivity contribution in [3.05, 3.63) is 117 Å². The first-order valence-corrected chi connectivity index (χ1v) is 11.8. The molecular formula is C27H15BrN4O3. The molecule has 0 fully saturated rings. The third-order valence-electron chi connectivity index (χ3n) is 6.20. The van der Waals surface area contributed by atoms with Gasteiger partial charge in [-0.2, -0.15) is 0 Å². The fourth-order valence-electron chi connectivity index (χ4n) is 4.63. The number of benzene rings is 3. The second-order valence-electron chi connectivity index (χ2n) is 8.25. The lowest BCUT2D eigenvalue weighted by Crippen LogP contribution is -2.22. The average Bonchev–Trinajstić information content (AvgIpc) is 3.33. The molecule has 1 unspecified atom stereocenters. The van der Waals surface area contributed by atoms with Crippen LogP contribution in [-0.4, -0.2) is 19.6 Å². The molecule has 3 aromatic heterocycles. The van der Waals surface area contributed by atoms with Crippen molar-refractivity contribution in [1.82, 2.24) is 19.6 Å². The number of nitrogens with zero attached hydrogens (tertiary/aromatic N) is 4. The number of fused-ring (bicyclic) bond motifs is 6. The molecule has 1 atom stereocenters. The summed E-state index contributed by atoms with van der Waals surface area (Å²) < 4.78 is 14.6. The second kappa shape index (κ2) is 7.61. The molecule has 0 saturated heterocycles. The van der Waals surface area contributed by atoms with Crippen LogP contribution < -0.4 is 10.4 Å². The van der Waals surface area contributed by atoms with Gasteiger partial charge in [0.1, 0.15) is 11.9 Å². The van der Waals surface area contributed by atoms with Crippen LogP contribution in [0.25, 0.3) is 28.0 Å². The summed E-state index contributed by atoms with van der Waals surface area (Å²) in [5.74, 6) is 0.914. The van der Waals surface area contributed by atoms with Gasteiger partial charge in [0.05, 0.1) is 22.4 Å². The van der Waals surface area contributed by atoms with Crippen LogP contribution >= 0.6 is 15.9 Å². The zero-order valence-electron chi connectivity index (χ0n) is 18.1. The van der Waals surface area contributed by atoms with E-state index in [1.165, 1.54) is 0 Å². The van der Waals surface area contributed by atoms with E-state index in [4.69, 9.17) is 14.1 Å². The Morgan fingerprint density at radius 3 is 2.49 bits per heavy atom. The molecule has 7 rings (SSSR count). The first-order chi connectivity index (χ1) is 17.2. The molecule has 35 heavy (non-hydrogen) atoms. The van der Waals surface area contributed by atoms with Crippen LogP contribution in [0.1, 0.15) is 22.6 Å². The van der Waals surface area contributed by atoms with E-state index in [0.717, 1.165) is 15.6 Å². The van der Waals surface area contributed by atoms with Gasteiger partial charge in [0.25, 0.3) is 0 Å². The second-order valence-corrected chi connectivity index (χ2v) is 9.16. The fourth-order valence-corrected chi connectivity index (χ4v) is 4.89. The Kier molecular flexibility index (Phi) is 4.37. The lowest BCUT2D eigenvalue weighted by atomic mass is 9.84. The summed E-state index contributed by atoms with van der Waals surface area (Å²) in [6, 6.07) is 24.9. The van der Waals surface area contributed by atoms with E-state index in [0.29, 0.717) is 45.2 Å². The maximum Gasteiger partial charge on any atom is 0.344 e. The standard InChI is InChI=1S/C27H15BrN4O3/c28-17-12-10-16(11-13-17)24-30-25-22-20(15-6-2-1-3-7-15)21-23(35-26(22)29-14-32(25)31-24)18-8-4-5-9-19(18)34-27(21)33/h1-14,20H. The zero-order valence-corrected chi connectivity index (χ0v) is 19.6. The van der Waals surface area contributed by atoms with Gasteiger partial charge in [-0.05, 0) is 29.8 Å². The largest absolute Gasteiger partial charge is 0.437 e. The third-order valence-corrected chi connectivity index (χ3v) is 6.73. The number of hydrogen-bond donors (Lipinski definition) is 0. The van der Waals surface area contributed by atoms with E-state index < -0.39 is 11.5 Å². The van der Waals surface area contributed by atoms with Crippen molar-refractivity contribution in [3.63, 3.8) is 0 Å². The molecule has 0 spiro atoms. The minimum Gasteiger partial charge on any atom is -0.437 e. The quantitative estimate of drug-likeness (QED) is 0.261. The first-order valence-electron chi connectivity index (χ1n) is 11.0. The number of rotatable bonds is 2. The molecular weight excluding hydrogens is 508 g/mol. The molecule has 0 aliphatic carbocycles. The minimum absolute atomic E-state index is 0.393. The van der Waals surface area contributed by atoms with Crippen molar-refractivity contribution in [2.24, 2.45) is 0 Å². The van der Waals surface area contributed by atoms with Gasteiger partial charge in [0, 0.05) is 10.0 Å². The van der Waals surface area contributed by atoms with Gasteiger partial charge in [-0.15, -0.1) is 5.10 Å². The topological polar surface area (TPSA) is 82.5 Å². The van der Waals surface area contributed by atoms with Crippen LogP contribution in [0.4, 0.5) is 0 Å². The predicted octanol–water partition coefficient (Wildman–Crippen LogP) is 5.95. The first kappa shape index (κ1) is 20.1. The van der Waals surface area contributed by atoms with Crippen molar-refractivity contribution < 1.29 is 9.15 Å². The third kappa shape index (κ3) is 3.10. The number of hydrogen-bond acceptors (Lipinski definition) is 6.